The van der Waals surface area contributed by atoms with Crippen molar-refractivity contribution in [3.63, 3.8) is 0 Å². The Balaban J connectivity index is 0.00000338. The van der Waals surface area contributed by atoms with E-state index in [2.05, 4.69) is 5.32 Å². The van der Waals surface area contributed by atoms with Gasteiger partial charge in [-0.25, -0.2) is 0 Å². The van der Waals surface area contributed by atoms with Crippen LogP contribution in [0, 0.1) is 0 Å². The van der Waals surface area contributed by atoms with Crippen LogP contribution in [-0.2, 0) is 12.4 Å². The van der Waals surface area contributed by atoms with Gasteiger partial charge in [0.1, 0.15) is 0 Å². The normalized spacial score (nSPS) is 17.7. The fourth-order valence-corrected chi connectivity index (χ4v) is 3.19. The van der Waals surface area contributed by atoms with E-state index in [0.29, 0.717) is 39.0 Å². The summed E-state index contributed by atoms with van der Waals surface area (Å²) in [4.78, 5) is 1.93. The Hall–Kier alpha value is -0.990. The van der Waals surface area contributed by atoms with E-state index < -0.39 is 29.5 Å². The van der Waals surface area contributed by atoms with Crippen molar-refractivity contribution in [2.45, 2.75) is 44.6 Å². The molecule has 1 N–H and O–H groups in total. The second kappa shape index (κ2) is 9.28. The molecule has 1 aromatic carbocycles. The van der Waals surface area contributed by atoms with Crippen molar-refractivity contribution in [1.82, 2.24) is 10.2 Å². The number of hydrogen-bond donors (Lipinski definition) is 1. The van der Waals surface area contributed by atoms with Gasteiger partial charge in [-0.2, -0.15) is 26.3 Å². The summed E-state index contributed by atoms with van der Waals surface area (Å²) >= 11 is 0. The van der Waals surface area contributed by atoms with Crippen molar-refractivity contribution in [3.05, 3.63) is 34.9 Å². The van der Waals surface area contributed by atoms with Gasteiger partial charge >= 0.3 is 12.4 Å². The predicted octanol–water partition coefficient (Wildman–Crippen LogP) is 5.28. The quantitative estimate of drug-likeness (QED) is 0.671. The highest BCUT2D eigenvalue weighted by molar-refractivity contribution is 5.85. The molecular weight excluding hydrogens is 382 g/mol. The molecule has 1 heterocycles. The highest BCUT2D eigenvalue weighted by Gasteiger charge is 2.40. The van der Waals surface area contributed by atoms with E-state index in [9.17, 15) is 26.3 Å². The average Bonchev–Trinajstić information content (AvgIpc) is 2.54. The molecule has 0 bridgehead atoms. The number of nitrogens with one attached hydrogen (secondary N) is 1. The maximum atomic E-state index is 13.5. The Bertz CT molecular complexity index is 567. The van der Waals surface area contributed by atoms with E-state index in [-0.39, 0.29) is 24.0 Å². The summed E-state index contributed by atoms with van der Waals surface area (Å²) in [7, 11) is 0. The van der Waals surface area contributed by atoms with Crippen LogP contribution in [0.5, 0.6) is 0 Å². The summed E-state index contributed by atoms with van der Waals surface area (Å²) in [5.74, 6) is 0. The van der Waals surface area contributed by atoms with Gasteiger partial charge in [-0.1, -0.05) is 25.8 Å². The maximum absolute atomic E-state index is 13.5. The Kier molecular flexibility index (Phi) is 8.23. The van der Waals surface area contributed by atoms with Crippen LogP contribution in [0.2, 0.25) is 0 Å². The van der Waals surface area contributed by atoms with E-state index in [4.69, 9.17) is 0 Å². The number of benzene rings is 1. The minimum Gasteiger partial charge on any atom is -0.314 e. The van der Waals surface area contributed by atoms with Crippen molar-refractivity contribution in [2.75, 3.05) is 26.2 Å². The Labute approximate surface area is 155 Å². The average molecular weight is 405 g/mol. The topological polar surface area (TPSA) is 15.3 Å². The zero-order chi connectivity index (χ0) is 18.7. The van der Waals surface area contributed by atoms with E-state index in [1.807, 2.05) is 11.8 Å². The van der Waals surface area contributed by atoms with Gasteiger partial charge in [0.2, 0.25) is 0 Å². The Morgan fingerprint density at radius 3 is 2.15 bits per heavy atom. The second-order valence-corrected chi connectivity index (χ2v) is 6.24. The molecule has 0 saturated carbocycles. The van der Waals surface area contributed by atoms with Crippen LogP contribution >= 0.6 is 12.4 Å². The molecule has 150 valence electrons. The van der Waals surface area contributed by atoms with Gasteiger partial charge in [0.15, 0.2) is 0 Å². The molecule has 26 heavy (non-hydrogen) atoms. The molecule has 9 heteroatoms. The summed E-state index contributed by atoms with van der Waals surface area (Å²) in [5, 5.41) is 3.14. The first-order valence-electron chi connectivity index (χ1n) is 8.37. The van der Waals surface area contributed by atoms with E-state index in [1.165, 1.54) is 0 Å². The molecule has 1 fully saturated rings. The molecular formula is C17H23ClF6N2. The Morgan fingerprint density at radius 1 is 1.04 bits per heavy atom. The lowest BCUT2D eigenvalue weighted by atomic mass is 9.92. The summed E-state index contributed by atoms with van der Waals surface area (Å²) in [6.07, 6.45) is -7.61. The fraction of sp³-hybridized carbons (Fsp3) is 0.647. The number of piperazine rings is 1. The van der Waals surface area contributed by atoms with Crippen molar-refractivity contribution in [1.29, 1.82) is 0 Å². The largest absolute Gasteiger partial charge is 0.416 e. The van der Waals surface area contributed by atoms with E-state index in [0.717, 1.165) is 18.6 Å². The molecule has 1 aliphatic rings. The van der Waals surface area contributed by atoms with Crippen molar-refractivity contribution < 1.29 is 26.3 Å². The lowest BCUT2D eigenvalue weighted by molar-refractivity contribution is -0.143. The summed E-state index contributed by atoms with van der Waals surface area (Å²) in [6, 6.07) is 1.48. The minimum absolute atomic E-state index is 0. The van der Waals surface area contributed by atoms with E-state index >= 15 is 0 Å². The van der Waals surface area contributed by atoms with Gasteiger partial charge in [0, 0.05) is 32.2 Å². The number of unbranched alkanes of at least 4 members (excludes halogenated alkanes) is 1. The standard InChI is InChI=1S/C17H22F6N2.ClH/c1-2-3-4-15(25-9-7-24-8-10-25)13-6-5-12(16(18,19)20)11-14(13)17(21,22)23;/h5-6,11,15,24H,2-4,7-10H2,1H3;1H/t15-;/m1./s1. The van der Waals surface area contributed by atoms with Crippen LogP contribution in [0.25, 0.3) is 0 Å². The highest BCUT2D eigenvalue weighted by Crippen LogP contribution is 2.41. The molecule has 0 aromatic heterocycles. The van der Waals surface area contributed by atoms with Crippen LogP contribution < -0.4 is 5.32 Å². The third-order valence-electron chi connectivity index (χ3n) is 4.47. The van der Waals surface area contributed by atoms with Crippen LogP contribution in [0.15, 0.2) is 18.2 Å². The first-order chi connectivity index (χ1) is 11.6. The minimum atomic E-state index is -4.82. The predicted molar refractivity (Wildman–Crippen MR) is 90.4 cm³/mol. The van der Waals surface area contributed by atoms with Crippen LogP contribution in [0.1, 0.15) is 48.9 Å². The van der Waals surface area contributed by atoms with Gasteiger partial charge in [0.25, 0.3) is 0 Å². The number of alkyl halides is 6. The third-order valence-corrected chi connectivity index (χ3v) is 4.47. The zero-order valence-electron chi connectivity index (χ0n) is 14.4. The molecule has 0 unspecified atom stereocenters. The number of halogens is 7. The molecule has 1 aromatic rings. The molecule has 2 nitrogen and oxygen atoms in total. The Morgan fingerprint density at radius 2 is 1.65 bits per heavy atom. The smallest absolute Gasteiger partial charge is 0.314 e. The number of rotatable bonds is 5. The van der Waals surface area contributed by atoms with E-state index in [1.54, 1.807) is 0 Å². The summed E-state index contributed by atoms with van der Waals surface area (Å²) in [6.45, 7) is 4.40. The molecule has 0 radical (unpaired) electrons. The molecule has 1 aliphatic heterocycles. The highest BCUT2D eigenvalue weighted by atomic mass is 35.5. The van der Waals surface area contributed by atoms with Gasteiger partial charge in [-0.05, 0) is 24.1 Å². The number of hydrogen-bond acceptors (Lipinski definition) is 2. The first kappa shape index (κ1) is 23.0. The second-order valence-electron chi connectivity index (χ2n) is 6.24. The molecule has 0 amide bonds. The van der Waals surface area contributed by atoms with Gasteiger partial charge < -0.3 is 5.32 Å². The first-order valence-corrected chi connectivity index (χ1v) is 8.37. The summed E-state index contributed by atoms with van der Waals surface area (Å²) < 4.78 is 79.0. The molecule has 1 atom stereocenters. The van der Waals surface area contributed by atoms with Crippen LogP contribution in [0.3, 0.4) is 0 Å². The van der Waals surface area contributed by atoms with Crippen molar-refractivity contribution >= 4 is 12.4 Å². The third kappa shape index (κ3) is 5.76. The molecule has 1 saturated heterocycles. The lowest BCUT2D eigenvalue weighted by Gasteiger charge is -2.36. The zero-order valence-corrected chi connectivity index (χ0v) is 15.2. The molecule has 0 aliphatic carbocycles. The summed E-state index contributed by atoms with van der Waals surface area (Å²) in [5.41, 5.74) is -2.50. The van der Waals surface area contributed by atoms with Gasteiger partial charge in [0.05, 0.1) is 11.1 Å². The number of nitrogens with zero attached hydrogens (tertiary/aromatic N) is 1. The van der Waals surface area contributed by atoms with Gasteiger partial charge in [-0.15, -0.1) is 12.4 Å². The van der Waals surface area contributed by atoms with Crippen molar-refractivity contribution in [2.24, 2.45) is 0 Å². The maximum Gasteiger partial charge on any atom is 0.416 e. The van der Waals surface area contributed by atoms with Crippen LogP contribution in [-0.4, -0.2) is 31.1 Å². The van der Waals surface area contributed by atoms with Crippen LogP contribution in [0.4, 0.5) is 26.3 Å². The SMILES string of the molecule is CCCC[C@H](c1ccc(C(F)(F)F)cc1C(F)(F)F)N1CCNCC1.Cl. The van der Waals surface area contributed by atoms with Crippen molar-refractivity contribution in [3.8, 4) is 0 Å². The molecule has 2 rings (SSSR count). The lowest BCUT2D eigenvalue weighted by Crippen LogP contribution is -2.45. The van der Waals surface area contributed by atoms with Gasteiger partial charge in [-0.3, -0.25) is 4.90 Å². The monoisotopic (exact) mass is 404 g/mol. The molecule has 0 spiro atoms. The fourth-order valence-electron chi connectivity index (χ4n) is 3.19.